The van der Waals surface area contributed by atoms with Crippen molar-refractivity contribution in [2.75, 3.05) is 18.5 Å². The van der Waals surface area contributed by atoms with Gasteiger partial charge in [-0.2, -0.15) is 5.10 Å². The Hall–Kier alpha value is -1.40. The summed E-state index contributed by atoms with van der Waals surface area (Å²) in [5.41, 5.74) is 7.45. The summed E-state index contributed by atoms with van der Waals surface area (Å²) in [6.07, 6.45) is 2.59. The molecule has 1 aromatic rings. The second-order valence-corrected chi connectivity index (χ2v) is 4.31. The monoisotopic (exact) mass is 238 g/mol. The lowest BCUT2D eigenvalue weighted by molar-refractivity contribution is -0.120. The van der Waals surface area contributed by atoms with Gasteiger partial charge >= 0.3 is 0 Å². The van der Waals surface area contributed by atoms with Crippen molar-refractivity contribution in [2.24, 2.45) is 18.7 Å². The van der Waals surface area contributed by atoms with Gasteiger partial charge in [0.15, 0.2) is 0 Å². The smallest absolute Gasteiger partial charge is 0.231 e. The molecule has 0 radical (unpaired) electrons. The minimum Gasteiger partial charge on any atom is -0.379 e. The number of nitrogens with one attached hydrogen (secondary N) is 1. The Balaban J connectivity index is 2.07. The first-order valence-corrected chi connectivity index (χ1v) is 5.78. The van der Waals surface area contributed by atoms with Gasteiger partial charge in [-0.1, -0.05) is 6.92 Å². The molecule has 94 valence electrons. The average Bonchev–Trinajstić information content (AvgIpc) is 2.84. The lowest BCUT2D eigenvalue weighted by atomic mass is 10.0. The van der Waals surface area contributed by atoms with Gasteiger partial charge in [0, 0.05) is 19.3 Å². The number of anilines is 1. The highest BCUT2D eigenvalue weighted by atomic mass is 16.5. The van der Waals surface area contributed by atoms with Crippen molar-refractivity contribution in [3.05, 3.63) is 11.9 Å². The van der Waals surface area contributed by atoms with E-state index in [1.165, 1.54) is 0 Å². The van der Waals surface area contributed by atoms with Crippen LogP contribution in [0.5, 0.6) is 0 Å². The molecule has 1 aromatic heterocycles. The second-order valence-electron chi connectivity index (χ2n) is 4.31. The van der Waals surface area contributed by atoms with E-state index in [4.69, 9.17) is 10.5 Å². The van der Waals surface area contributed by atoms with Crippen molar-refractivity contribution >= 4 is 11.6 Å². The van der Waals surface area contributed by atoms with Crippen molar-refractivity contribution in [2.45, 2.75) is 19.4 Å². The van der Waals surface area contributed by atoms with Gasteiger partial charge in [0.1, 0.15) is 0 Å². The Morgan fingerprint density at radius 3 is 3.06 bits per heavy atom. The molecule has 3 N–H and O–H groups in total. The van der Waals surface area contributed by atoms with Crippen LogP contribution in [0.4, 0.5) is 5.69 Å². The van der Waals surface area contributed by atoms with E-state index in [0.29, 0.717) is 13.2 Å². The normalized spacial score (nSPS) is 23.9. The number of hydrogen-bond acceptors (Lipinski definition) is 4. The number of rotatable bonds is 3. The van der Waals surface area contributed by atoms with Crippen molar-refractivity contribution in [3.8, 4) is 0 Å². The van der Waals surface area contributed by atoms with Crippen LogP contribution in [-0.4, -0.2) is 34.9 Å². The first-order chi connectivity index (χ1) is 8.11. The molecule has 6 heteroatoms. The summed E-state index contributed by atoms with van der Waals surface area (Å²) in [4.78, 5) is 12.0. The summed E-state index contributed by atoms with van der Waals surface area (Å²) >= 11 is 0. The molecule has 1 aliphatic rings. The molecule has 0 bridgehead atoms. The number of hydrogen-bond donors (Lipinski definition) is 2. The van der Waals surface area contributed by atoms with Gasteiger partial charge in [-0.3, -0.25) is 9.48 Å². The Morgan fingerprint density at radius 2 is 2.47 bits per heavy atom. The topological polar surface area (TPSA) is 82.2 Å². The zero-order chi connectivity index (χ0) is 12.4. The largest absolute Gasteiger partial charge is 0.379 e. The van der Waals surface area contributed by atoms with Gasteiger partial charge in [0.05, 0.1) is 30.5 Å². The maximum atomic E-state index is 12.0. The Kier molecular flexibility index (Phi) is 3.44. The van der Waals surface area contributed by atoms with E-state index in [0.717, 1.165) is 17.8 Å². The number of nitrogens with two attached hydrogens (primary N) is 1. The quantitative estimate of drug-likeness (QED) is 0.770. The number of carbonyl (C=O) groups is 1. The van der Waals surface area contributed by atoms with Gasteiger partial charge in [-0.05, 0) is 6.42 Å². The van der Waals surface area contributed by atoms with Crippen LogP contribution in [0.15, 0.2) is 6.20 Å². The minimum atomic E-state index is -0.264. The Morgan fingerprint density at radius 1 is 1.71 bits per heavy atom. The van der Waals surface area contributed by atoms with E-state index >= 15 is 0 Å². The molecule has 1 aliphatic heterocycles. The Labute approximate surface area is 100 Å². The fourth-order valence-corrected chi connectivity index (χ4v) is 1.97. The molecule has 2 heterocycles. The summed E-state index contributed by atoms with van der Waals surface area (Å²) in [6, 6.07) is -0.211. The molecule has 2 unspecified atom stereocenters. The molecule has 2 rings (SSSR count). The molecule has 1 saturated heterocycles. The third-order valence-corrected chi connectivity index (χ3v) is 2.96. The second kappa shape index (κ2) is 4.85. The molecule has 17 heavy (non-hydrogen) atoms. The van der Waals surface area contributed by atoms with E-state index in [2.05, 4.69) is 10.4 Å². The Bertz CT molecular complexity index is 416. The molecule has 1 amide bonds. The fraction of sp³-hybridized carbons (Fsp3) is 0.636. The van der Waals surface area contributed by atoms with Crippen LogP contribution < -0.4 is 11.1 Å². The van der Waals surface area contributed by atoms with Gasteiger partial charge in [0.25, 0.3) is 0 Å². The summed E-state index contributed by atoms with van der Waals surface area (Å²) in [5.74, 6) is -0.349. The summed E-state index contributed by atoms with van der Waals surface area (Å²) in [7, 11) is 1.83. The van der Waals surface area contributed by atoms with E-state index in [-0.39, 0.29) is 17.9 Å². The number of carbonyl (C=O) groups excluding carboxylic acids is 1. The first kappa shape index (κ1) is 12.1. The van der Waals surface area contributed by atoms with E-state index in [1.807, 2.05) is 14.0 Å². The summed E-state index contributed by atoms with van der Waals surface area (Å²) in [6.45, 7) is 2.85. The van der Waals surface area contributed by atoms with Crippen LogP contribution in [0.2, 0.25) is 0 Å². The SMILES string of the molecule is CCc1nn(C)cc1NC(=O)C1COCC1N. The van der Waals surface area contributed by atoms with Gasteiger partial charge in [-0.15, -0.1) is 0 Å². The van der Waals surface area contributed by atoms with Gasteiger partial charge in [-0.25, -0.2) is 0 Å². The number of amides is 1. The van der Waals surface area contributed by atoms with Crippen LogP contribution in [-0.2, 0) is 23.0 Å². The predicted molar refractivity (Wildman–Crippen MR) is 63.5 cm³/mol. The fourth-order valence-electron chi connectivity index (χ4n) is 1.97. The number of aryl methyl sites for hydroxylation is 2. The number of ether oxygens (including phenoxy) is 1. The zero-order valence-electron chi connectivity index (χ0n) is 10.1. The van der Waals surface area contributed by atoms with E-state index in [1.54, 1.807) is 10.9 Å². The molecule has 1 fully saturated rings. The van der Waals surface area contributed by atoms with Crippen LogP contribution >= 0.6 is 0 Å². The third-order valence-electron chi connectivity index (χ3n) is 2.96. The zero-order valence-corrected chi connectivity index (χ0v) is 10.1. The number of nitrogens with zero attached hydrogens (tertiary/aromatic N) is 2. The summed E-state index contributed by atoms with van der Waals surface area (Å²) < 4.78 is 6.88. The van der Waals surface area contributed by atoms with Crippen molar-refractivity contribution < 1.29 is 9.53 Å². The van der Waals surface area contributed by atoms with E-state index < -0.39 is 0 Å². The molecule has 0 aromatic carbocycles. The molecule has 6 nitrogen and oxygen atoms in total. The third kappa shape index (κ3) is 2.48. The van der Waals surface area contributed by atoms with E-state index in [9.17, 15) is 4.79 Å². The maximum absolute atomic E-state index is 12.0. The highest BCUT2D eigenvalue weighted by Crippen LogP contribution is 2.18. The van der Waals surface area contributed by atoms with Gasteiger partial charge in [0.2, 0.25) is 5.91 Å². The highest BCUT2D eigenvalue weighted by molar-refractivity contribution is 5.93. The molecular weight excluding hydrogens is 220 g/mol. The maximum Gasteiger partial charge on any atom is 0.231 e. The van der Waals surface area contributed by atoms with Crippen molar-refractivity contribution in [3.63, 3.8) is 0 Å². The molecule has 2 atom stereocenters. The number of aromatic nitrogens is 2. The van der Waals surface area contributed by atoms with Crippen molar-refractivity contribution in [1.82, 2.24) is 9.78 Å². The molecule has 0 aliphatic carbocycles. The molecule has 0 spiro atoms. The van der Waals surface area contributed by atoms with Crippen molar-refractivity contribution in [1.29, 1.82) is 0 Å². The minimum absolute atomic E-state index is 0.0855. The summed E-state index contributed by atoms with van der Waals surface area (Å²) in [5, 5.41) is 7.14. The lowest BCUT2D eigenvalue weighted by Crippen LogP contribution is -2.37. The standard InChI is InChI=1S/C11H18N4O2/c1-3-9-10(4-15(2)14-9)13-11(16)7-5-17-6-8(7)12/h4,7-8H,3,5-6,12H2,1-2H3,(H,13,16). The van der Waals surface area contributed by atoms with Crippen LogP contribution in [0.25, 0.3) is 0 Å². The van der Waals surface area contributed by atoms with Crippen LogP contribution in [0.1, 0.15) is 12.6 Å². The average molecular weight is 238 g/mol. The first-order valence-electron chi connectivity index (χ1n) is 5.78. The molecule has 0 saturated carbocycles. The van der Waals surface area contributed by atoms with Crippen LogP contribution in [0.3, 0.4) is 0 Å². The van der Waals surface area contributed by atoms with Crippen LogP contribution in [0, 0.1) is 5.92 Å². The van der Waals surface area contributed by atoms with Gasteiger partial charge < -0.3 is 15.8 Å². The lowest BCUT2D eigenvalue weighted by Gasteiger charge is -2.12. The molecular formula is C11H18N4O2. The predicted octanol–water partition coefficient (Wildman–Crippen LogP) is -0.105. The highest BCUT2D eigenvalue weighted by Gasteiger charge is 2.31.